The molecule has 1 heterocycles. The summed E-state index contributed by atoms with van der Waals surface area (Å²) in [6.07, 6.45) is -0.930. The topological polar surface area (TPSA) is 142 Å². The Balaban J connectivity index is 2.86. The van der Waals surface area contributed by atoms with Gasteiger partial charge in [-0.1, -0.05) is 6.92 Å². The number of hydrogen-bond acceptors (Lipinski definition) is 5. The van der Waals surface area contributed by atoms with Crippen LogP contribution < -0.4 is 5.32 Å². The van der Waals surface area contributed by atoms with Crippen LogP contribution in [0.25, 0.3) is 0 Å². The first-order valence-electron chi connectivity index (χ1n) is 5.31. The number of carboxylic acid groups (broad SMARTS) is 1. The van der Waals surface area contributed by atoms with E-state index in [1.54, 1.807) is 0 Å². The van der Waals surface area contributed by atoms with Crippen molar-refractivity contribution in [3.63, 3.8) is 0 Å². The van der Waals surface area contributed by atoms with Crippen LogP contribution in [0.1, 0.15) is 13.8 Å². The van der Waals surface area contributed by atoms with Crippen LogP contribution in [0.4, 0.5) is 0 Å². The van der Waals surface area contributed by atoms with Gasteiger partial charge in [0, 0.05) is 5.92 Å². The second-order valence-electron chi connectivity index (χ2n) is 4.22. The summed E-state index contributed by atoms with van der Waals surface area (Å²) in [5, 5.41) is 20.5. The van der Waals surface area contributed by atoms with E-state index in [1.807, 2.05) is 0 Å². The Morgan fingerprint density at radius 2 is 2.00 bits per heavy atom. The van der Waals surface area contributed by atoms with Crippen molar-refractivity contribution in [2.75, 3.05) is 0 Å². The SMILES string of the molecule is CC(C(=O)C(=[N+]=N)C(=O)O)[C@H]1NC(=O)[C@@H]1[C@@H](C)O. The molecule has 1 fully saturated rings. The average molecular weight is 256 g/mol. The number of aliphatic hydroxyl groups excluding tert-OH is 1. The van der Waals surface area contributed by atoms with Gasteiger partial charge in [0.1, 0.15) is 0 Å². The Hall–Kier alpha value is -2.05. The average Bonchev–Trinajstić information content (AvgIpc) is 2.24. The minimum Gasteiger partial charge on any atom is -0.472 e. The molecular formula is C10H14N3O5+. The van der Waals surface area contributed by atoms with Crippen LogP contribution in [0.15, 0.2) is 0 Å². The minimum atomic E-state index is -1.58. The lowest BCUT2D eigenvalue weighted by Gasteiger charge is -2.40. The second kappa shape index (κ2) is 5.07. The number of nitrogens with one attached hydrogen (secondary N) is 2. The predicted octanol–water partition coefficient (Wildman–Crippen LogP) is -1.55. The summed E-state index contributed by atoms with van der Waals surface area (Å²) in [5.74, 6) is -4.41. The van der Waals surface area contributed by atoms with E-state index in [0.29, 0.717) is 0 Å². The normalized spacial score (nSPS) is 25.2. The number of carbonyl (C=O) groups is 3. The van der Waals surface area contributed by atoms with Crippen LogP contribution in [0.2, 0.25) is 0 Å². The van der Waals surface area contributed by atoms with Crippen LogP contribution in [0, 0.1) is 17.4 Å². The molecule has 8 heteroatoms. The molecule has 0 aromatic heterocycles. The Morgan fingerprint density at radius 3 is 2.33 bits per heavy atom. The highest BCUT2D eigenvalue weighted by atomic mass is 16.4. The van der Waals surface area contributed by atoms with Gasteiger partial charge >= 0.3 is 11.7 Å². The van der Waals surface area contributed by atoms with Crippen LogP contribution in [0.3, 0.4) is 0 Å². The number of carbonyl (C=O) groups excluding carboxylic acids is 2. The highest BCUT2D eigenvalue weighted by molar-refractivity contribution is 6.62. The zero-order valence-electron chi connectivity index (χ0n) is 9.88. The van der Waals surface area contributed by atoms with E-state index in [-0.39, 0.29) is 5.91 Å². The molecule has 0 saturated carbocycles. The number of amides is 1. The van der Waals surface area contributed by atoms with Crippen molar-refractivity contribution < 1.29 is 29.4 Å². The van der Waals surface area contributed by atoms with Crippen LogP contribution in [-0.4, -0.2) is 50.5 Å². The number of aliphatic carboxylic acids is 1. The smallest absolute Gasteiger partial charge is 0.472 e. The predicted molar refractivity (Wildman–Crippen MR) is 56.9 cm³/mol. The third-order valence-electron chi connectivity index (χ3n) is 3.02. The van der Waals surface area contributed by atoms with Gasteiger partial charge in [-0.2, -0.15) is 0 Å². The fourth-order valence-corrected chi connectivity index (χ4v) is 1.96. The van der Waals surface area contributed by atoms with Gasteiger partial charge in [-0.15, -0.1) is 0 Å². The Bertz CT molecular complexity index is 452. The molecule has 1 unspecified atom stereocenters. The molecule has 1 amide bonds. The molecule has 1 aliphatic heterocycles. The van der Waals surface area contributed by atoms with Crippen molar-refractivity contribution >= 4 is 23.4 Å². The number of ketones is 1. The molecule has 0 aliphatic carbocycles. The van der Waals surface area contributed by atoms with E-state index in [1.165, 1.54) is 13.8 Å². The number of Topliss-reactive ketones (excluding diaryl/α,β-unsaturated/α-hetero) is 1. The lowest BCUT2D eigenvalue weighted by molar-refractivity contribution is -0.155. The Labute approximate surface area is 102 Å². The fraction of sp³-hybridized carbons (Fsp3) is 0.600. The molecule has 98 valence electrons. The summed E-state index contributed by atoms with van der Waals surface area (Å²) in [6.45, 7) is 2.85. The summed E-state index contributed by atoms with van der Waals surface area (Å²) in [5.41, 5.74) is 5.77. The third kappa shape index (κ3) is 2.29. The molecule has 0 spiro atoms. The quantitative estimate of drug-likeness (QED) is 0.155. The highest BCUT2D eigenvalue weighted by Crippen LogP contribution is 2.26. The van der Waals surface area contributed by atoms with Gasteiger partial charge in [-0.05, 0) is 6.92 Å². The summed E-state index contributed by atoms with van der Waals surface area (Å²) in [4.78, 5) is 36.3. The van der Waals surface area contributed by atoms with Crippen LogP contribution in [-0.2, 0) is 14.4 Å². The number of nitrogens with zero attached hydrogens (tertiary/aromatic N) is 1. The molecule has 8 nitrogen and oxygen atoms in total. The first-order chi connectivity index (χ1) is 8.31. The van der Waals surface area contributed by atoms with E-state index in [0.717, 1.165) is 0 Å². The van der Waals surface area contributed by atoms with Crippen molar-refractivity contribution in [3.8, 4) is 0 Å². The monoisotopic (exact) mass is 256 g/mol. The maximum Gasteiger partial charge on any atom is 0.490 e. The van der Waals surface area contributed by atoms with Gasteiger partial charge in [0.15, 0.2) is 0 Å². The molecule has 4 N–H and O–H groups in total. The minimum absolute atomic E-state index is 0.380. The first kappa shape index (κ1) is 14.0. The standard InChI is InChI=1S/C10H13N3O5/c1-3(8(15)7(13-11)10(17)18)6-5(4(2)14)9(16)12-6/h3-6,11,14H,1-2H3,(H-,12,16,17,18)/p+1/t3?,4-,5-,6-/m1/s1. The fourth-order valence-electron chi connectivity index (χ4n) is 1.96. The van der Waals surface area contributed by atoms with E-state index >= 15 is 0 Å². The molecule has 0 aromatic rings. The Kier molecular flexibility index (Phi) is 3.95. The summed E-state index contributed by atoms with van der Waals surface area (Å²) in [6, 6.07) is -0.638. The largest absolute Gasteiger partial charge is 0.490 e. The van der Waals surface area contributed by atoms with E-state index in [9.17, 15) is 19.5 Å². The summed E-state index contributed by atoms with van der Waals surface area (Å²) < 4.78 is 0. The second-order valence-corrected chi connectivity index (χ2v) is 4.22. The van der Waals surface area contributed by atoms with E-state index in [4.69, 9.17) is 10.6 Å². The summed E-state index contributed by atoms with van der Waals surface area (Å²) in [7, 11) is 0. The Morgan fingerprint density at radius 1 is 1.44 bits per heavy atom. The van der Waals surface area contributed by atoms with Gasteiger partial charge in [0.05, 0.1) is 28.4 Å². The van der Waals surface area contributed by atoms with Crippen molar-refractivity contribution in [1.29, 1.82) is 5.53 Å². The zero-order chi connectivity index (χ0) is 14.0. The van der Waals surface area contributed by atoms with Gasteiger partial charge < -0.3 is 15.5 Å². The lowest BCUT2D eigenvalue weighted by Crippen LogP contribution is -2.66. The van der Waals surface area contributed by atoms with Crippen molar-refractivity contribution in [2.24, 2.45) is 11.8 Å². The van der Waals surface area contributed by atoms with Crippen molar-refractivity contribution in [2.45, 2.75) is 26.0 Å². The van der Waals surface area contributed by atoms with Gasteiger partial charge in [0.2, 0.25) is 5.91 Å². The maximum absolute atomic E-state index is 11.8. The molecule has 0 aromatic carbocycles. The highest BCUT2D eigenvalue weighted by Gasteiger charge is 2.50. The molecule has 18 heavy (non-hydrogen) atoms. The number of β-lactam (4-membered cyclic amide) rings is 1. The molecular weight excluding hydrogens is 242 g/mol. The molecule has 4 atom stereocenters. The third-order valence-corrected chi connectivity index (χ3v) is 3.02. The van der Waals surface area contributed by atoms with E-state index in [2.05, 4.69) is 10.1 Å². The number of hydrogen-bond donors (Lipinski definition) is 4. The number of carboxylic acids is 1. The number of rotatable bonds is 5. The number of aliphatic hydroxyl groups is 1. The molecule has 1 rings (SSSR count). The van der Waals surface area contributed by atoms with E-state index < -0.39 is 41.4 Å². The lowest BCUT2D eigenvalue weighted by atomic mass is 9.76. The van der Waals surface area contributed by atoms with Crippen LogP contribution >= 0.6 is 0 Å². The van der Waals surface area contributed by atoms with Gasteiger partial charge in [-0.25, -0.2) is 4.79 Å². The maximum atomic E-state index is 11.8. The molecule has 1 aliphatic rings. The van der Waals surface area contributed by atoms with Crippen molar-refractivity contribution in [1.82, 2.24) is 5.32 Å². The molecule has 0 bridgehead atoms. The molecule has 0 radical (unpaired) electrons. The molecule has 1 saturated heterocycles. The van der Waals surface area contributed by atoms with Gasteiger partial charge in [-0.3, -0.25) is 9.59 Å². The summed E-state index contributed by atoms with van der Waals surface area (Å²) >= 11 is 0. The van der Waals surface area contributed by atoms with Gasteiger partial charge in [0.25, 0.3) is 5.78 Å². The van der Waals surface area contributed by atoms with Crippen molar-refractivity contribution in [3.05, 3.63) is 0 Å². The first-order valence-corrected chi connectivity index (χ1v) is 5.31. The van der Waals surface area contributed by atoms with Crippen LogP contribution in [0.5, 0.6) is 0 Å². The zero-order valence-corrected chi connectivity index (χ0v) is 9.88.